The molecule has 206 valence electrons. The first kappa shape index (κ1) is 32.4. The summed E-state index contributed by atoms with van der Waals surface area (Å²) < 4.78 is 65.1. The Labute approximate surface area is 200 Å². The Morgan fingerprint density at radius 1 is 0.944 bits per heavy atom. The van der Waals surface area contributed by atoms with Crippen LogP contribution in [0.25, 0.3) is 0 Å². The van der Waals surface area contributed by atoms with Crippen molar-refractivity contribution in [3.8, 4) is 0 Å². The standard InChI is InChI=1S/C13H23N7O2.2C2HF3O2/c1-10-14-12(16-18(10)4)15-13(22)20-7-5-19(6-8-20)9-11(21)17(2)3;2*3-2(4,5)1(6)7/h5-9H2,1-4H3,(H,15,16,22);2*(H,6,7). The van der Waals surface area contributed by atoms with Crippen LogP contribution in [0.2, 0.25) is 0 Å². The minimum atomic E-state index is -5.08. The Morgan fingerprint density at radius 3 is 1.67 bits per heavy atom. The van der Waals surface area contributed by atoms with Gasteiger partial charge in [0.05, 0.1) is 6.54 Å². The first-order valence-corrected chi connectivity index (χ1v) is 9.72. The highest BCUT2D eigenvalue weighted by Crippen LogP contribution is 2.13. The molecule has 1 fully saturated rings. The molecule has 1 saturated heterocycles. The first-order chi connectivity index (χ1) is 16.2. The fraction of sp³-hybridized carbons (Fsp3) is 0.647. The second kappa shape index (κ2) is 13.4. The van der Waals surface area contributed by atoms with E-state index in [1.54, 1.807) is 35.6 Å². The number of carbonyl (C=O) groups is 4. The molecular weight excluding hydrogens is 512 g/mol. The topological polar surface area (TPSA) is 161 Å². The van der Waals surface area contributed by atoms with Crippen molar-refractivity contribution in [3.05, 3.63) is 5.82 Å². The van der Waals surface area contributed by atoms with Crippen LogP contribution in [-0.2, 0) is 21.4 Å². The Balaban J connectivity index is 0.000000720. The van der Waals surface area contributed by atoms with Gasteiger partial charge in [-0.25, -0.2) is 14.4 Å². The number of likely N-dealkylation sites (N-methyl/N-ethyl adjacent to an activating group) is 1. The zero-order valence-corrected chi connectivity index (χ0v) is 19.5. The zero-order chi connectivity index (χ0) is 28.4. The molecule has 0 atom stereocenters. The average Bonchev–Trinajstić information content (AvgIpc) is 3.04. The summed E-state index contributed by atoms with van der Waals surface area (Å²) >= 11 is 0. The van der Waals surface area contributed by atoms with Gasteiger partial charge >= 0.3 is 30.3 Å². The molecule has 3 amide bonds. The number of urea groups is 1. The molecular formula is C17H25F6N7O6. The smallest absolute Gasteiger partial charge is 0.475 e. The van der Waals surface area contributed by atoms with E-state index in [-0.39, 0.29) is 11.9 Å². The van der Waals surface area contributed by atoms with Crippen LogP contribution in [0.1, 0.15) is 5.82 Å². The Hall–Kier alpha value is -3.64. The highest BCUT2D eigenvalue weighted by molar-refractivity contribution is 5.87. The van der Waals surface area contributed by atoms with Gasteiger partial charge in [0.15, 0.2) is 0 Å². The van der Waals surface area contributed by atoms with Crippen molar-refractivity contribution >= 4 is 29.8 Å². The number of aryl methyl sites for hydroxylation is 2. The number of halogens is 6. The number of carbonyl (C=O) groups excluding carboxylic acids is 2. The molecule has 3 N–H and O–H groups in total. The molecule has 36 heavy (non-hydrogen) atoms. The van der Waals surface area contributed by atoms with Crippen LogP contribution in [0, 0.1) is 6.92 Å². The number of carboxylic acids is 2. The van der Waals surface area contributed by atoms with E-state index in [1.165, 1.54) is 0 Å². The predicted octanol–water partition coefficient (Wildman–Crippen LogP) is 0.628. The van der Waals surface area contributed by atoms with Crippen molar-refractivity contribution in [3.63, 3.8) is 0 Å². The summed E-state index contributed by atoms with van der Waals surface area (Å²) in [6.07, 6.45) is -10.2. The number of amides is 3. The van der Waals surface area contributed by atoms with Crippen LogP contribution < -0.4 is 5.32 Å². The van der Waals surface area contributed by atoms with E-state index in [1.807, 2.05) is 6.92 Å². The van der Waals surface area contributed by atoms with Crippen molar-refractivity contribution < 1.29 is 55.7 Å². The van der Waals surface area contributed by atoms with Crippen LogP contribution in [0.5, 0.6) is 0 Å². The van der Waals surface area contributed by atoms with Crippen LogP contribution in [0.15, 0.2) is 0 Å². The molecule has 19 heteroatoms. The van der Waals surface area contributed by atoms with Gasteiger partial charge in [-0.3, -0.25) is 19.7 Å². The largest absolute Gasteiger partial charge is 0.490 e. The number of anilines is 1. The maximum Gasteiger partial charge on any atom is 0.490 e. The van der Waals surface area contributed by atoms with Gasteiger partial charge in [-0.2, -0.15) is 31.3 Å². The molecule has 2 heterocycles. The summed E-state index contributed by atoms with van der Waals surface area (Å²) in [6.45, 7) is 4.74. The van der Waals surface area contributed by atoms with Crippen molar-refractivity contribution in [2.24, 2.45) is 7.05 Å². The SMILES string of the molecule is Cc1nc(NC(=O)N2CCN(CC(=O)N(C)C)CC2)nn1C.O=C(O)C(F)(F)F.O=C(O)C(F)(F)F. The number of aromatic nitrogens is 3. The van der Waals surface area contributed by atoms with Gasteiger partial charge in [0, 0.05) is 47.3 Å². The molecule has 1 aromatic rings. The maximum absolute atomic E-state index is 12.2. The monoisotopic (exact) mass is 537 g/mol. The number of hydrogen-bond acceptors (Lipinski definition) is 7. The lowest BCUT2D eigenvalue weighted by Gasteiger charge is -2.34. The third-order valence-electron chi connectivity index (χ3n) is 4.20. The van der Waals surface area contributed by atoms with E-state index in [9.17, 15) is 35.9 Å². The van der Waals surface area contributed by atoms with E-state index in [0.717, 1.165) is 5.82 Å². The summed E-state index contributed by atoms with van der Waals surface area (Å²) in [7, 11) is 5.26. The van der Waals surface area contributed by atoms with E-state index < -0.39 is 24.3 Å². The van der Waals surface area contributed by atoms with Crippen LogP contribution in [-0.4, -0.2) is 123 Å². The minimum Gasteiger partial charge on any atom is -0.475 e. The molecule has 0 unspecified atom stereocenters. The van der Waals surface area contributed by atoms with Crippen LogP contribution >= 0.6 is 0 Å². The predicted molar refractivity (Wildman–Crippen MR) is 109 cm³/mol. The molecule has 1 aromatic heterocycles. The lowest BCUT2D eigenvalue weighted by atomic mass is 10.3. The first-order valence-electron chi connectivity index (χ1n) is 9.72. The van der Waals surface area contributed by atoms with Crippen molar-refractivity contribution in [1.29, 1.82) is 0 Å². The fourth-order valence-electron chi connectivity index (χ4n) is 2.13. The van der Waals surface area contributed by atoms with E-state index >= 15 is 0 Å². The highest BCUT2D eigenvalue weighted by Gasteiger charge is 2.38. The lowest BCUT2D eigenvalue weighted by Crippen LogP contribution is -2.52. The van der Waals surface area contributed by atoms with Gasteiger partial charge in [-0.05, 0) is 6.92 Å². The summed E-state index contributed by atoms with van der Waals surface area (Å²) in [4.78, 5) is 51.1. The number of alkyl halides is 6. The van der Waals surface area contributed by atoms with Crippen molar-refractivity contribution in [2.75, 3.05) is 52.1 Å². The molecule has 1 aliphatic heterocycles. The lowest BCUT2D eigenvalue weighted by molar-refractivity contribution is -0.193. The van der Waals surface area contributed by atoms with E-state index in [4.69, 9.17) is 19.8 Å². The summed E-state index contributed by atoms with van der Waals surface area (Å²) in [6, 6.07) is -0.204. The number of carboxylic acid groups (broad SMARTS) is 2. The number of piperazine rings is 1. The second-order valence-electron chi connectivity index (χ2n) is 7.19. The average molecular weight is 537 g/mol. The summed E-state index contributed by atoms with van der Waals surface area (Å²) in [5, 5.41) is 21.1. The van der Waals surface area contributed by atoms with Crippen molar-refractivity contribution in [2.45, 2.75) is 19.3 Å². The van der Waals surface area contributed by atoms with E-state index in [2.05, 4.69) is 20.3 Å². The number of aliphatic carboxylic acids is 2. The molecule has 1 aliphatic rings. The van der Waals surface area contributed by atoms with Gasteiger partial charge in [0.25, 0.3) is 0 Å². The number of rotatable bonds is 3. The molecule has 0 aliphatic carbocycles. The fourth-order valence-corrected chi connectivity index (χ4v) is 2.13. The molecule has 0 saturated carbocycles. The second-order valence-corrected chi connectivity index (χ2v) is 7.19. The van der Waals surface area contributed by atoms with Gasteiger partial charge in [0.2, 0.25) is 11.9 Å². The molecule has 2 rings (SSSR count). The molecule has 13 nitrogen and oxygen atoms in total. The summed E-state index contributed by atoms with van der Waals surface area (Å²) in [5.74, 6) is -4.39. The zero-order valence-electron chi connectivity index (χ0n) is 19.5. The molecule has 0 spiro atoms. The molecule has 0 radical (unpaired) electrons. The maximum atomic E-state index is 12.2. The third kappa shape index (κ3) is 12.2. The van der Waals surface area contributed by atoms with Crippen molar-refractivity contribution in [1.82, 2.24) is 29.5 Å². The Kier molecular flexibility index (Phi) is 12.1. The van der Waals surface area contributed by atoms with Gasteiger partial charge in [-0.15, -0.1) is 5.10 Å². The van der Waals surface area contributed by atoms with E-state index in [0.29, 0.717) is 38.7 Å². The quantitative estimate of drug-likeness (QED) is 0.470. The molecule has 0 aromatic carbocycles. The normalized spacial score (nSPS) is 14.0. The Bertz CT molecular complexity index is 867. The van der Waals surface area contributed by atoms with Crippen LogP contribution in [0.4, 0.5) is 37.1 Å². The Morgan fingerprint density at radius 2 is 1.36 bits per heavy atom. The van der Waals surface area contributed by atoms with Gasteiger partial charge in [-0.1, -0.05) is 0 Å². The summed E-state index contributed by atoms with van der Waals surface area (Å²) in [5.41, 5.74) is 0. The number of hydrogen-bond donors (Lipinski definition) is 3. The highest BCUT2D eigenvalue weighted by atomic mass is 19.4. The number of nitrogens with zero attached hydrogens (tertiary/aromatic N) is 6. The molecule has 0 bridgehead atoms. The van der Waals surface area contributed by atoms with Crippen LogP contribution in [0.3, 0.4) is 0 Å². The van der Waals surface area contributed by atoms with Gasteiger partial charge in [0.1, 0.15) is 5.82 Å². The number of nitrogens with one attached hydrogen (secondary N) is 1. The minimum absolute atomic E-state index is 0.0751. The van der Waals surface area contributed by atoms with Gasteiger partial charge < -0.3 is 20.0 Å². The third-order valence-corrected chi connectivity index (χ3v) is 4.20.